The number of H-pyrrole nitrogens is 1. The average Bonchev–Trinajstić information content (AvgIpc) is 1.74. The van der Waals surface area contributed by atoms with Crippen LogP contribution in [0.1, 0.15) is 111 Å². The number of rotatable bonds is 47. The Hall–Kier alpha value is -9.30. The molecule has 0 aliphatic carbocycles. The van der Waals surface area contributed by atoms with Crippen LogP contribution in [0.3, 0.4) is 0 Å². The number of carboxylic acids is 2. The largest absolute Gasteiger partial charge is 0.481 e. The highest BCUT2D eigenvalue weighted by Crippen LogP contribution is 2.20. The summed E-state index contributed by atoms with van der Waals surface area (Å²) < 4.78 is 0. The molecule has 0 aliphatic rings. The van der Waals surface area contributed by atoms with Crippen LogP contribution >= 0.6 is 23.5 Å². The molecular formula is C61H98N18O18S2. The zero-order valence-corrected chi connectivity index (χ0v) is 58.3. The van der Waals surface area contributed by atoms with E-state index in [2.05, 4.69) is 68.5 Å². The second-order valence-electron chi connectivity index (χ2n) is 23.6. The average molecular weight is 1440 g/mol. The Labute approximate surface area is 580 Å². The topological polar surface area (TPSA) is 607 Å². The predicted octanol–water partition coefficient (Wildman–Crippen LogP) is -5.25. The molecule has 0 radical (unpaired) electrons. The number of nitrogens with one attached hydrogen (secondary N) is 12. The molecule has 0 aliphatic heterocycles. The number of amides is 13. The Balaban J connectivity index is 2.42. The number of para-hydroxylation sites is 1. The molecule has 0 saturated heterocycles. The number of fused-ring (bicyclic) bond motifs is 1. The molecular weight excluding hydrogens is 1340 g/mol. The first-order valence-electron chi connectivity index (χ1n) is 31.9. The van der Waals surface area contributed by atoms with E-state index in [0.717, 1.165) is 0 Å². The van der Waals surface area contributed by atoms with Crippen molar-refractivity contribution in [1.82, 2.24) is 63.5 Å². The number of carboxylic acid groups (broad SMARTS) is 2. The van der Waals surface area contributed by atoms with Gasteiger partial charge in [0.25, 0.3) is 0 Å². The van der Waals surface area contributed by atoms with Gasteiger partial charge in [-0.1, -0.05) is 58.7 Å². The summed E-state index contributed by atoms with van der Waals surface area (Å²) in [5.74, 6) is -16.9. The molecule has 1 heterocycles. The number of carbonyl (C=O) groups is 15. The molecule has 14 atom stereocenters. The first-order chi connectivity index (χ1) is 46.6. The maximum absolute atomic E-state index is 14.4. The van der Waals surface area contributed by atoms with E-state index in [1.807, 2.05) is 0 Å². The highest BCUT2D eigenvalue weighted by Gasteiger charge is 2.38. The Morgan fingerprint density at radius 1 is 0.505 bits per heavy atom. The maximum Gasteiger partial charge on any atom is 0.326 e. The molecule has 0 spiro atoms. The number of aliphatic hydroxyl groups is 1. The molecule has 2 aromatic rings. The molecule has 0 fully saturated rings. The Morgan fingerprint density at radius 2 is 0.919 bits per heavy atom. The van der Waals surface area contributed by atoms with Crippen LogP contribution < -0.4 is 87.2 Å². The smallest absolute Gasteiger partial charge is 0.326 e. The van der Waals surface area contributed by atoms with E-state index in [1.165, 1.54) is 37.4 Å². The van der Waals surface area contributed by atoms with Crippen molar-refractivity contribution in [2.24, 2.45) is 45.5 Å². The number of hydrogen-bond acceptors (Lipinski definition) is 20. The number of aliphatic hydroxyl groups excluding tert-OH is 1. The monoisotopic (exact) mass is 1430 g/mol. The number of aliphatic carboxylic acids is 2. The van der Waals surface area contributed by atoms with Crippen molar-refractivity contribution in [2.75, 3.05) is 37.2 Å². The molecule has 25 N–H and O–H groups in total. The first kappa shape index (κ1) is 85.8. The minimum absolute atomic E-state index is 0.0589. The second-order valence-corrected chi connectivity index (χ2v) is 25.6. The summed E-state index contributed by atoms with van der Waals surface area (Å²) in [6.07, 6.45) is 2.79. The lowest BCUT2D eigenvalue weighted by Gasteiger charge is -2.29. The van der Waals surface area contributed by atoms with E-state index in [9.17, 15) is 87.2 Å². The third-order valence-corrected chi connectivity index (χ3v) is 17.1. The number of nitrogens with two attached hydrogens (primary N) is 5. The van der Waals surface area contributed by atoms with Crippen molar-refractivity contribution in [2.45, 2.75) is 185 Å². The summed E-state index contributed by atoms with van der Waals surface area (Å²) in [5.41, 5.74) is 28.8. The SMILES string of the molecule is CC[C@H](C)[C@H](NC(=O)[C@H](CC(N)=O)NC(=O)[C@H](CC(N)=O)NC(=O)[C@@H](NC(=O)[C@@H](N)CCCN=C(N)N)[C@@H](C)CC)C(=O)N[C@@H](C)C(=O)N[C@@H](Cc1c[nH]c2ccccc12)C(=O)N[C@@H](CO)C(=O)N[C@@H](CCC(=O)O)C(=O)N[C@@H](C)C(=O)N[C@@H](CCSC)C(=O)N[C@@H](CCSC)C(=O)O. The minimum Gasteiger partial charge on any atom is -0.481 e. The van der Waals surface area contributed by atoms with Gasteiger partial charge in [0.05, 0.1) is 25.5 Å². The van der Waals surface area contributed by atoms with Crippen molar-refractivity contribution < 1.29 is 87.2 Å². The highest BCUT2D eigenvalue weighted by molar-refractivity contribution is 7.98. The molecule has 0 unspecified atom stereocenters. The molecule has 38 heteroatoms. The van der Waals surface area contributed by atoms with Gasteiger partial charge in [0.2, 0.25) is 76.8 Å². The summed E-state index contributed by atoms with van der Waals surface area (Å²) in [6, 6.07) is -11.6. The third kappa shape index (κ3) is 30.2. The summed E-state index contributed by atoms with van der Waals surface area (Å²) in [4.78, 5) is 208. The summed E-state index contributed by atoms with van der Waals surface area (Å²) in [5, 5.41) is 57.0. The van der Waals surface area contributed by atoms with Crippen LogP contribution in [0, 0.1) is 11.8 Å². The number of guanidine groups is 1. The van der Waals surface area contributed by atoms with Gasteiger partial charge in [0, 0.05) is 36.5 Å². The minimum atomic E-state index is -1.90. The number of thioether (sulfide) groups is 2. The molecule has 552 valence electrons. The van der Waals surface area contributed by atoms with Crippen LogP contribution in [0.25, 0.3) is 10.9 Å². The normalized spacial score (nSPS) is 15.3. The van der Waals surface area contributed by atoms with Gasteiger partial charge in [-0.3, -0.25) is 72.1 Å². The number of carbonyl (C=O) groups excluding carboxylic acids is 13. The molecule has 1 aromatic heterocycles. The van der Waals surface area contributed by atoms with Gasteiger partial charge in [0.15, 0.2) is 5.96 Å². The standard InChI is InChI=1S/C61H98N18O18S2/c1-9-29(3)47(79-56(92)42(26-45(64)82)75-55(91)41(25-44(63)81)76-59(95)48(30(4)10-2)78-51(87)35(62)15-13-21-67-61(65)66)58(94)70-32(6)50(86)74-40(24-33-27-68-36-16-12-11-14-34(33)36)54(90)77-43(28-80)57(93)72-37(17-18-46(83)84)52(88)69-31(5)49(85)71-38(19-22-98-7)53(89)73-39(60(96)97)20-23-99-8/h11-12,14,16,27,29-32,35,37-43,47-48,68,80H,9-10,13,15,17-26,28,62H2,1-8H3,(H2,63,81)(H2,64,82)(H,69,88)(H,70,94)(H,71,85)(H,72,93)(H,73,89)(H,74,86)(H,75,91)(H,76,95)(H,77,90)(H,78,87)(H,79,92)(H,83,84)(H,96,97)(H4,65,66,67)/t29-,30-,31-,32-,35-,37-,38-,39-,40-,41-,42-,43-,47-,48-/m0/s1. The summed E-state index contributed by atoms with van der Waals surface area (Å²) >= 11 is 2.70. The fourth-order valence-corrected chi connectivity index (χ4v) is 10.5. The highest BCUT2D eigenvalue weighted by atomic mass is 32.2. The molecule has 2 rings (SSSR count). The third-order valence-electron chi connectivity index (χ3n) is 15.8. The van der Waals surface area contributed by atoms with Gasteiger partial charge in [0.1, 0.15) is 66.5 Å². The van der Waals surface area contributed by atoms with Crippen LogP contribution in [-0.2, 0) is 78.3 Å². The fraction of sp³-hybridized carbons (Fsp3) is 0.607. The lowest BCUT2D eigenvalue weighted by atomic mass is 9.96. The number of benzene rings is 1. The lowest BCUT2D eigenvalue weighted by Crippen LogP contribution is -2.62. The van der Waals surface area contributed by atoms with Gasteiger partial charge in [-0.05, 0) is 93.4 Å². The molecule has 99 heavy (non-hydrogen) atoms. The van der Waals surface area contributed by atoms with Gasteiger partial charge in [-0.15, -0.1) is 0 Å². The van der Waals surface area contributed by atoms with Gasteiger partial charge in [-0.2, -0.15) is 23.5 Å². The fourth-order valence-electron chi connectivity index (χ4n) is 9.54. The van der Waals surface area contributed by atoms with Crippen LogP contribution in [0.5, 0.6) is 0 Å². The Kier molecular flexibility index (Phi) is 38.0. The van der Waals surface area contributed by atoms with Crippen LogP contribution in [0.15, 0.2) is 35.5 Å². The molecule has 0 bridgehead atoms. The number of primary amides is 2. The van der Waals surface area contributed by atoms with Gasteiger partial charge >= 0.3 is 11.9 Å². The van der Waals surface area contributed by atoms with E-state index in [0.29, 0.717) is 40.8 Å². The van der Waals surface area contributed by atoms with Crippen molar-refractivity contribution in [3.05, 3.63) is 36.0 Å². The van der Waals surface area contributed by atoms with Crippen molar-refractivity contribution >= 4 is 129 Å². The van der Waals surface area contributed by atoms with Crippen molar-refractivity contribution in [1.29, 1.82) is 0 Å². The van der Waals surface area contributed by atoms with Crippen molar-refractivity contribution in [3.8, 4) is 0 Å². The zero-order valence-electron chi connectivity index (χ0n) is 56.7. The van der Waals surface area contributed by atoms with Gasteiger partial charge in [-0.25, -0.2) is 4.79 Å². The Bertz CT molecular complexity index is 3170. The van der Waals surface area contributed by atoms with E-state index in [-0.39, 0.29) is 44.6 Å². The van der Waals surface area contributed by atoms with Crippen LogP contribution in [-0.4, -0.2) is 225 Å². The van der Waals surface area contributed by atoms with E-state index in [4.69, 9.17) is 28.7 Å². The predicted molar refractivity (Wildman–Crippen MR) is 367 cm³/mol. The first-order valence-corrected chi connectivity index (χ1v) is 34.7. The molecule has 13 amide bonds. The number of nitrogens with zero attached hydrogens (tertiary/aromatic N) is 1. The molecule has 0 saturated carbocycles. The second kappa shape index (κ2) is 43.9. The number of aromatic nitrogens is 1. The van der Waals surface area contributed by atoms with E-state index in [1.54, 1.807) is 70.7 Å². The number of aliphatic imine (C=N–C) groups is 1. The number of hydrogen-bond donors (Lipinski definition) is 20. The summed E-state index contributed by atoms with van der Waals surface area (Å²) in [6.45, 7) is 8.00. The van der Waals surface area contributed by atoms with Crippen LogP contribution in [0.2, 0.25) is 0 Å². The van der Waals surface area contributed by atoms with E-state index >= 15 is 0 Å². The van der Waals surface area contributed by atoms with Gasteiger partial charge < -0.3 is 107 Å². The lowest BCUT2D eigenvalue weighted by molar-refractivity contribution is -0.142. The number of aromatic amines is 1. The zero-order chi connectivity index (χ0) is 74.8. The molecule has 1 aromatic carbocycles. The maximum atomic E-state index is 14.4. The molecule has 36 nitrogen and oxygen atoms in total. The van der Waals surface area contributed by atoms with Crippen LogP contribution in [0.4, 0.5) is 0 Å². The van der Waals surface area contributed by atoms with Crippen molar-refractivity contribution in [3.63, 3.8) is 0 Å². The van der Waals surface area contributed by atoms with E-state index < -0.39 is 205 Å². The quantitative estimate of drug-likeness (QED) is 0.0167. The Morgan fingerprint density at radius 3 is 1.43 bits per heavy atom. The summed E-state index contributed by atoms with van der Waals surface area (Å²) in [7, 11) is 0.